The van der Waals surface area contributed by atoms with Crippen LogP contribution >= 0.6 is 0 Å². The van der Waals surface area contributed by atoms with E-state index in [4.69, 9.17) is 0 Å². The van der Waals surface area contributed by atoms with Crippen molar-refractivity contribution in [3.05, 3.63) is 0 Å². The number of hydrogen-bond acceptors (Lipinski definition) is 3. The molecule has 0 aromatic carbocycles. The molecular formula is C15H26O3. The van der Waals surface area contributed by atoms with E-state index in [0.29, 0.717) is 6.42 Å². The summed E-state index contributed by atoms with van der Waals surface area (Å²) in [5.41, 5.74) is -0.694. The summed E-state index contributed by atoms with van der Waals surface area (Å²) in [5, 5.41) is 30.6. The Balaban J connectivity index is 2.13. The lowest BCUT2D eigenvalue weighted by Gasteiger charge is -2.60. The molecule has 0 heterocycles. The molecule has 3 rings (SSSR count). The van der Waals surface area contributed by atoms with E-state index in [0.717, 1.165) is 25.7 Å². The van der Waals surface area contributed by atoms with Gasteiger partial charge in [0.2, 0.25) is 0 Å². The lowest BCUT2D eigenvalue weighted by Crippen LogP contribution is -2.59. The number of aliphatic hydroxyl groups is 3. The van der Waals surface area contributed by atoms with Gasteiger partial charge in [-0.1, -0.05) is 20.8 Å². The highest BCUT2D eigenvalue weighted by atomic mass is 16.3. The van der Waals surface area contributed by atoms with E-state index in [9.17, 15) is 15.3 Å². The summed E-state index contributed by atoms with van der Waals surface area (Å²) in [6, 6.07) is 0. The molecule has 0 aromatic rings. The van der Waals surface area contributed by atoms with Gasteiger partial charge in [0.1, 0.15) is 0 Å². The molecule has 0 aromatic heterocycles. The lowest BCUT2D eigenvalue weighted by molar-refractivity contribution is -0.187. The van der Waals surface area contributed by atoms with Crippen molar-refractivity contribution >= 4 is 0 Å². The van der Waals surface area contributed by atoms with Crippen molar-refractivity contribution in [1.29, 1.82) is 0 Å². The first-order valence-electron chi connectivity index (χ1n) is 7.22. The van der Waals surface area contributed by atoms with E-state index < -0.39 is 5.60 Å². The van der Waals surface area contributed by atoms with Gasteiger partial charge < -0.3 is 15.3 Å². The molecule has 3 aliphatic rings. The Morgan fingerprint density at radius 3 is 2.33 bits per heavy atom. The van der Waals surface area contributed by atoms with Gasteiger partial charge in [0.15, 0.2) is 0 Å². The molecule has 3 saturated carbocycles. The van der Waals surface area contributed by atoms with Crippen molar-refractivity contribution in [3.8, 4) is 0 Å². The summed E-state index contributed by atoms with van der Waals surface area (Å²) in [6.07, 6.45) is 3.96. The maximum absolute atomic E-state index is 10.8. The van der Waals surface area contributed by atoms with Crippen LogP contribution in [0.3, 0.4) is 0 Å². The van der Waals surface area contributed by atoms with E-state index in [1.54, 1.807) is 0 Å². The average molecular weight is 254 g/mol. The second-order valence-electron chi connectivity index (χ2n) is 7.89. The highest BCUT2D eigenvalue weighted by Crippen LogP contribution is 2.77. The monoisotopic (exact) mass is 254 g/mol. The molecule has 3 aliphatic carbocycles. The van der Waals surface area contributed by atoms with E-state index >= 15 is 0 Å². The molecule has 6 unspecified atom stereocenters. The third-order valence-electron chi connectivity index (χ3n) is 7.34. The summed E-state index contributed by atoms with van der Waals surface area (Å²) in [7, 11) is 0. The summed E-state index contributed by atoms with van der Waals surface area (Å²) in [5.74, 6) is 0.121. The van der Waals surface area contributed by atoms with Crippen LogP contribution in [-0.4, -0.2) is 33.6 Å². The Morgan fingerprint density at radius 2 is 1.72 bits per heavy atom. The van der Waals surface area contributed by atoms with Crippen molar-refractivity contribution in [2.24, 2.45) is 22.2 Å². The van der Waals surface area contributed by atoms with Crippen molar-refractivity contribution < 1.29 is 15.3 Å². The fraction of sp³-hybridized carbons (Fsp3) is 1.00. The molecular weight excluding hydrogens is 228 g/mol. The first-order valence-corrected chi connectivity index (χ1v) is 7.22. The second kappa shape index (κ2) is 3.31. The van der Waals surface area contributed by atoms with Crippen LogP contribution in [0, 0.1) is 22.2 Å². The molecule has 0 aliphatic heterocycles. The minimum atomic E-state index is -0.934. The maximum atomic E-state index is 10.8. The van der Waals surface area contributed by atoms with Gasteiger partial charge in [-0.25, -0.2) is 0 Å². The largest absolute Gasteiger partial charge is 0.393 e. The Hall–Kier alpha value is -0.120. The van der Waals surface area contributed by atoms with Gasteiger partial charge in [-0.3, -0.25) is 0 Å². The molecule has 6 atom stereocenters. The van der Waals surface area contributed by atoms with Crippen LogP contribution in [0.5, 0.6) is 0 Å². The maximum Gasteiger partial charge on any atom is 0.0911 e. The Bertz CT molecular complexity index is 384. The molecule has 0 radical (unpaired) electrons. The SMILES string of the molecule is CC12CC(O)CC3(C)C(C1)C(O)(CO)CCC23C. The van der Waals surface area contributed by atoms with Gasteiger partial charge in [0.05, 0.1) is 18.3 Å². The van der Waals surface area contributed by atoms with Crippen LogP contribution in [0.1, 0.15) is 52.9 Å². The van der Waals surface area contributed by atoms with Gasteiger partial charge >= 0.3 is 0 Å². The Kier molecular flexibility index (Phi) is 2.37. The predicted octanol–water partition coefficient (Wildman–Crippen LogP) is 1.70. The fourth-order valence-electron chi connectivity index (χ4n) is 5.93. The van der Waals surface area contributed by atoms with Crippen molar-refractivity contribution in [1.82, 2.24) is 0 Å². The number of hydrogen-bond donors (Lipinski definition) is 3. The molecule has 3 fully saturated rings. The van der Waals surface area contributed by atoms with Gasteiger partial charge in [-0.2, -0.15) is 0 Å². The van der Waals surface area contributed by atoms with Crippen LogP contribution in [0.15, 0.2) is 0 Å². The van der Waals surface area contributed by atoms with E-state index in [1.165, 1.54) is 0 Å². The van der Waals surface area contributed by atoms with Gasteiger partial charge in [-0.15, -0.1) is 0 Å². The first-order chi connectivity index (χ1) is 8.21. The number of aliphatic hydroxyl groups excluding tert-OH is 2. The normalized spacial score (nSPS) is 63.0. The van der Waals surface area contributed by atoms with E-state index in [1.807, 2.05) is 0 Å². The first kappa shape index (κ1) is 12.9. The average Bonchev–Trinajstić information content (AvgIpc) is 2.40. The standard InChI is InChI=1S/C15H26O3/c1-12-6-10(17)7-13(2)11(8-12)15(18,9-16)5-4-14(12,13)3/h10-11,16-18H,4-9H2,1-3H3. The summed E-state index contributed by atoms with van der Waals surface area (Å²) >= 11 is 0. The van der Waals surface area contributed by atoms with Crippen LogP contribution in [0.4, 0.5) is 0 Å². The zero-order chi connectivity index (χ0) is 13.4. The smallest absolute Gasteiger partial charge is 0.0911 e. The van der Waals surface area contributed by atoms with Crippen molar-refractivity contribution in [2.75, 3.05) is 6.61 Å². The summed E-state index contributed by atoms with van der Waals surface area (Å²) < 4.78 is 0. The third-order valence-corrected chi connectivity index (χ3v) is 7.34. The minimum absolute atomic E-state index is 0.0465. The molecule has 4 bridgehead atoms. The van der Waals surface area contributed by atoms with Crippen LogP contribution < -0.4 is 0 Å². The highest BCUT2D eigenvalue weighted by Gasteiger charge is 2.73. The fourth-order valence-corrected chi connectivity index (χ4v) is 5.93. The highest BCUT2D eigenvalue weighted by molar-refractivity contribution is 5.22. The molecule has 0 spiro atoms. The van der Waals surface area contributed by atoms with E-state index in [2.05, 4.69) is 20.8 Å². The quantitative estimate of drug-likeness (QED) is 0.667. The van der Waals surface area contributed by atoms with E-state index in [-0.39, 0.29) is 34.9 Å². The Labute approximate surface area is 109 Å². The van der Waals surface area contributed by atoms with Gasteiger partial charge in [0, 0.05) is 0 Å². The molecule has 0 saturated heterocycles. The molecule has 0 amide bonds. The molecule has 3 nitrogen and oxygen atoms in total. The van der Waals surface area contributed by atoms with Crippen molar-refractivity contribution in [3.63, 3.8) is 0 Å². The van der Waals surface area contributed by atoms with Crippen molar-refractivity contribution in [2.45, 2.75) is 64.6 Å². The molecule has 3 heteroatoms. The van der Waals surface area contributed by atoms with Gasteiger partial charge in [-0.05, 0) is 54.3 Å². The molecule has 3 N–H and O–H groups in total. The minimum Gasteiger partial charge on any atom is -0.393 e. The number of rotatable bonds is 1. The zero-order valence-electron chi connectivity index (χ0n) is 11.7. The third kappa shape index (κ3) is 1.17. The summed E-state index contributed by atoms with van der Waals surface area (Å²) in [4.78, 5) is 0. The Morgan fingerprint density at radius 1 is 1.06 bits per heavy atom. The predicted molar refractivity (Wildman–Crippen MR) is 68.9 cm³/mol. The van der Waals surface area contributed by atoms with Crippen LogP contribution in [0.2, 0.25) is 0 Å². The topological polar surface area (TPSA) is 60.7 Å². The molecule has 18 heavy (non-hydrogen) atoms. The lowest BCUT2D eigenvalue weighted by atomic mass is 9.45. The zero-order valence-corrected chi connectivity index (χ0v) is 11.7. The second-order valence-corrected chi connectivity index (χ2v) is 7.89. The van der Waals surface area contributed by atoms with Crippen LogP contribution in [-0.2, 0) is 0 Å². The molecule has 104 valence electrons. The van der Waals surface area contributed by atoms with Gasteiger partial charge in [0.25, 0.3) is 0 Å². The summed E-state index contributed by atoms with van der Waals surface area (Å²) in [6.45, 7) is 6.70. The van der Waals surface area contributed by atoms with Crippen LogP contribution in [0.25, 0.3) is 0 Å².